The fourth-order valence-corrected chi connectivity index (χ4v) is 1.19. The molecule has 0 aromatic heterocycles. The molecule has 15 heavy (non-hydrogen) atoms. The lowest BCUT2D eigenvalue weighted by molar-refractivity contribution is -0.138. The quantitative estimate of drug-likeness (QED) is 0.518. The van der Waals surface area contributed by atoms with Gasteiger partial charge in [0.1, 0.15) is 5.84 Å². The first-order valence-corrected chi connectivity index (χ1v) is 4.11. The maximum Gasteiger partial charge on any atom is 0.416 e. The third-order valence-corrected chi connectivity index (χ3v) is 1.95. The largest absolute Gasteiger partial charge is 0.416 e. The number of hydrogen-bond donors (Lipinski definition) is 3. The van der Waals surface area contributed by atoms with Gasteiger partial charge >= 0.3 is 6.18 Å². The lowest BCUT2D eigenvalue weighted by Gasteiger charge is -2.12. The zero-order valence-corrected chi connectivity index (χ0v) is 7.73. The first-order valence-electron chi connectivity index (χ1n) is 4.11. The highest BCUT2D eigenvalue weighted by atomic mass is 19.4. The van der Waals surface area contributed by atoms with Gasteiger partial charge in [-0.15, -0.1) is 0 Å². The van der Waals surface area contributed by atoms with Crippen LogP contribution in [0.25, 0.3) is 0 Å². The normalized spacial score (nSPS) is 11.5. The van der Waals surface area contributed by atoms with Crippen LogP contribution in [0.5, 0.6) is 0 Å². The Bertz CT molecular complexity index is 385. The molecule has 6 heteroatoms. The van der Waals surface area contributed by atoms with Gasteiger partial charge in [-0.25, -0.2) is 0 Å². The molecule has 0 fully saturated rings. The van der Waals surface area contributed by atoms with E-state index in [1.165, 1.54) is 12.1 Å². The summed E-state index contributed by atoms with van der Waals surface area (Å²) in [7, 11) is 0. The summed E-state index contributed by atoms with van der Waals surface area (Å²) in [5.74, 6) is -0.399. The first-order chi connectivity index (χ1) is 6.86. The van der Waals surface area contributed by atoms with Crippen molar-refractivity contribution in [3.8, 4) is 0 Å². The third-order valence-electron chi connectivity index (χ3n) is 1.95. The average Bonchev–Trinajstić information content (AvgIpc) is 2.15. The SMILES string of the molecule is N=C(N)c1ccc(CN)c(C(F)(F)F)c1. The molecule has 0 spiro atoms. The van der Waals surface area contributed by atoms with E-state index >= 15 is 0 Å². The molecule has 0 aliphatic heterocycles. The highest BCUT2D eigenvalue weighted by Crippen LogP contribution is 2.32. The number of benzene rings is 1. The van der Waals surface area contributed by atoms with Gasteiger partial charge in [0, 0.05) is 12.1 Å². The van der Waals surface area contributed by atoms with Crippen LogP contribution in [0.3, 0.4) is 0 Å². The molecule has 0 heterocycles. The van der Waals surface area contributed by atoms with Crippen molar-refractivity contribution < 1.29 is 13.2 Å². The summed E-state index contributed by atoms with van der Waals surface area (Å²) < 4.78 is 37.5. The molecule has 1 aromatic rings. The fraction of sp³-hybridized carbons (Fsp3) is 0.222. The van der Waals surface area contributed by atoms with E-state index < -0.39 is 17.6 Å². The van der Waals surface area contributed by atoms with E-state index in [0.29, 0.717) is 0 Å². The minimum atomic E-state index is -4.47. The van der Waals surface area contributed by atoms with Gasteiger partial charge in [0.15, 0.2) is 0 Å². The summed E-state index contributed by atoms with van der Waals surface area (Å²) in [6, 6.07) is 3.42. The van der Waals surface area contributed by atoms with Gasteiger partial charge in [-0.3, -0.25) is 5.41 Å². The Labute approximate surface area is 84.4 Å². The lowest BCUT2D eigenvalue weighted by atomic mass is 10.0. The van der Waals surface area contributed by atoms with Gasteiger partial charge in [-0.1, -0.05) is 12.1 Å². The summed E-state index contributed by atoms with van der Waals surface area (Å²) in [5, 5.41) is 7.04. The van der Waals surface area contributed by atoms with Gasteiger partial charge in [0.2, 0.25) is 0 Å². The minimum Gasteiger partial charge on any atom is -0.384 e. The van der Waals surface area contributed by atoms with Crippen molar-refractivity contribution in [3.05, 3.63) is 34.9 Å². The fourth-order valence-electron chi connectivity index (χ4n) is 1.19. The Balaban J connectivity index is 3.32. The molecule has 0 aliphatic carbocycles. The van der Waals surface area contributed by atoms with Gasteiger partial charge in [-0.05, 0) is 11.6 Å². The predicted octanol–water partition coefficient (Wildman–Crippen LogP) is 1.45. The number of rotatable bonds is 2. The highest BCUT2D eigenvalue weighted by molar-refractivity contribution is 5.95. The Kier molecular flexibility index (Phi) is 2.99. The third kappa shape index (κ3) is 2.47. The number of nitrogens with two attached hydrogens (primary N) is 2. The standard InChI is InChI=1S/C9H10F3N3/c10-9(11,12)7-3-5(8(14)15)1-2-6(7)4-13/h1-3H,4,13H2,(H3,14,15). The van der Waals surface area contributed by atoms with E-state index in [9.17, 15) is 13.2 Å². The van der Waals surface area contributed by atoms with Crippen molar-refractivity contribution in [2.75, 3.05) is 0 Å². The maximum atomic E-state index is 12.5. The number of nitrogen functional groups attached to an aromatic ring is 1. The number of halogens is 3. The molecule has 1 aromatic carbocycles. The van der Waals surface area contributed by atoms with Crippen molar-refractivity contribution in [1.82, 2.24) is 0 Å². The Morgan fingerprint density at radius 2 is 1.93 bits per heavy atom. The van der Waals surface area contributed by atoms with E-state index in [4.69, 9.17) is 16.9 Å². The van der Waals surface area contributed by atoms with Crippen molar-refractivity contribution in [3.63, 3.8) is 0 Å². The van der Waals surface area contributed by atoms with E-state index in [1.807, 2.05) is 0 Å². The molecule has 0 radical (unpaired) electrons. The summed E-state index contributed by atoms with van der Waals surface area (Å²) in [6.07, 6.45) is -4.47. The second-order valence-corrected chi connectivity index (χ2v) is 2.99. The van der Waals surface area contributed by atoms with Crippen LogP contribution in [-0.2, 0) is 12.7 Å². The molecule has 0 aliphatic rings. The maximum absolute atomic E-state index is 12.5. The molecule has 1 rings (SSSR count). The summed E-state index contributed by atoms with van der Waals surface area (Å²) in [5.41, 5.74) is 9.49. The van der Waals surface area contributed by atoms with Crippen molar-refractivity contribution in [1.29, 1.82) is 5.41 Å². The Morgan fingerprint density at radius 3 is 2.33 bits per heavy atom. The second kappa shape index (κ2) is 3.90. The van der Waals surface area contributed by atoms with E-state index in [1.54, 1.807) is 0 Å². The Morgan fingerprint density at radius 1 is 1.33 bits per heavy atom. The molecule has 0 saturated carbocycles. The first kappa shape index (κ1) is 11.5. The second-order valence-electron chi connectivity index (χ2n) is 2.99. The van der Waals surface area contributed by atoms with Crippen LogP contribution in [0.2, 0.25) is 0 Å². The van der Waals surface area contributed by atoms with Crippen molar-refractivity contribution >= 4 is 5.84 Å². The monoisotopic (exact) mass is 217 g/mol. The van der Waals surface area contributed by atoms with Gasteiger partial charge in [-0.2, -0.15) is 13.2 Å². The number of hydrogen-bond acceptors (Lipinski definition) is 2. The van der Waals surface area contributed by atoms with Crippen LogP contribution < -0.4 is 11.5 Å². The van der Waals surface area contributed by atoms with Crippen LogP contribution >= 0.6 is 0 Å². The smallest absolute Gasteiger partial charge is 0.384 e. The summed E-state index contributed by atoms with van der Waals surface area (Å²) in [6.45, 7) is -0.201. The van der Waals surface area contributed by atoms with Gasteiger partial charge in [0.05, 0.1) is 5.56 Å². The van der Waals surface area contributed by atoms with Crippen molar-refractivity contribution in [2.45, 2.75) is 12.7 Å². The molecular formula is C9H10F3N3. The van der Waals surface area contributed by atoms with Crippen LogP contribution in [0.4, 0.5) is 13.2 Å². The number of amidine groups is 1. The average molecular weight is 217 g/mol. The molecule has 0 unspecified atom stereocenters. The molecule has 0 atom stereocenters. The van der Waals surface area contributed by atoms with E-state index in [-0.39, 0.29) is 17.7 Å². The van der Waals surface area contributed by atoms with E-state index in [2.05, 4.69) is 0 Å². The van der Waals surface area contributed by atoms with Crippen LogP contribution in [0.1, 0.15) is 16.7 Å². The minimum absolute atomic E-state index is 0.00694. The molecule has 82 valence electrons. The summed E-state index contributed by atoms with van der Waals surface area (Å²) >= 11 is 0. The van der Waals surface area contributed by atoms with Crippen LogP contribution in [0, 0.1) is 5.41 Å². The molecule has 0 bridgehead atoms. The highest BCUT2D eigenvalue weighted by Gasteiger charge is 2.33. The van der Waals surface area contributed by atoms with Gasteiger partial charge in [0.25, 0.3) is 0 Å². The molecule has 0 saturated heterocycles. The Hall–Kier alpha value is -1.56. The number of alkyl halides is 3. The molecule has 5 N–H and O–H groups in total. The van der Waals surface area contributed by atoms with Gasteiger partial charge < -0.3 is 11.5 Å². The van der Waals surface area contributed by atoms with Crippen molar-refractivity contribution in [2.24, 2.45) is 11.5 Å². The van der Waals surface area contributed by atoms with Crippen LogP contribution in [0.15, 0.2) is 18.2 Å². The molecular weight excluding hydrogens is 207 g/mol. The predicted molar refractivity (Wildman–Crippen MR) is 50.4 cm³/mol. The lowest BCUT2D eigenvalue weighted by Crippen LogP contribution is -2.16. The molecule has 0 amide bonds. The summed E-state index contributed by atoms with van der Waals surface area (Å²) in [4.78, 5) is 0. The zero-order valence-electron chi connectivity index (χ0n) is 7.73. The number of nitrogens with one attached hydrogen (secondary N) is 1. The van der Waals surface area contributed by atoms with Crippen LogP contribution in [-0.4, -0.2) is 5.84 Å². The van der Waals surface area contributed by atoms with E-state index in [0.717, 1.165) is 6.07 Å². The zero-order chi connectivity index (χ0) is 11.6. The molecule has 3 nitrogen and oxygen atoms in total. The topological polar surface area (TPSA) is 75.9 Å².